The van der Waals surface area contributed by atoms with Gasteiger partial charge in [0.1, 0.15) is 5.82 Å². The number of amides is 1. The number of aromatic nitrogens is 1. The molecule has 0 bridgehead atoms. The summed E-state index contributed by atoms with van der Waals surface area (Å²) in [5.74, 6) is 0.198. The van der Waals surface area contributed by atoms with E-state index in [1.807, 2.05) is 13.0 Å². The molecule has 0 unspecified atom stereocenters. The van der Waals surface area contributed by atoms with E-state index in [1.165, 1.54) is 17.8 Å². The Kier molecular flexibility index (Phi) is 6.21. The SMILES string of the molecule is CCOc1ncccc1CNC(=O)CSc1ccccc1F. The lowest BCUT2D eigenvalue weighted by Gasteiger charge is -2.09. The van der Waals surface area contributed by atoms with Crippen molar-refractivity contribution >= 4 is 17.7 Å². The van der Waals surface area contributed by atoms with Crippen LogP contribution in [0.3, 0.4) is 0 Å². The molecule has 1 aromatic carbocycles. The fourth-order valence-electron chi connectivity index (χ4n) is 1.78. The summed E-state index contributed by atoms with van der Waals surface area (Å²) < 4.78 is 18.8. The molecule has 0 aliphatic carbocycles. The summed E-state index contributed by atoms with van der Waals surface area (Å²) in [6.07, 6.45) is 1.64. The molecule has 0 saturated carbocycles. The number of carbonyl (C=O) groups is 1. The second-order valence-electron chi connectivity index (χ2n) is 4.40. The molecule has 0 atom stereocenters. The van der Waals surface area contributed by atoms with Gasteiger partial charge in [-0.2, -0.15) is 0 Å². The van der Waals surface area contributed by atoms with Crippen LogP contribution in [0.4, 0.5) is 4.39 Å². The van der Waals surface area contributed by atoms with E-state index in [4.69, 9.17) is 4.74 Å². The Hall–Kier alpha value is -2.08. The summed E-state index contributed by atoms with van der Waals surface area (Å²) in [6, 6.07) is 10.0. The van der Waals surface area contributed by atoms with Crippen LogP contribution >= 0.6 is 11.8 Å². The minimum absolute atomic E-state index is 0.158. The average Bonchev–Trinajstić information content (AvgIpc) is 2.53. The van der Waals surface area contributed by atoms with Gasteiger partial charge in [0.05, 0.1) is 12.4 Å². The fourth-order valence-corrected chi connectivity index (χ4v) is 2.54. The molecule has 2 rings (SSSR count). The normalized spacial score (nSPS) is 10.3. The van der Waals surface area contributed by atoms with Crippen LogP contribution < -0.4 is 10.1 Å². The van der Waals surface area contributed by atoms with Gasteiger partial charge in [-0.3, -0.25) is 4.79 Å². The lowest BCUT2D eigenvalue weighted by molar-refractivity contribution is -0.118. The maximum atomic E-state index is 13.5. The number of thioether (sulfide) groups is 1. The van der Waals surface area contributed by atoms with Crippen molar-refractivity contribution in [2.45, 2.75) is 18.4 Å². The zero-order valence-electron chi connectivity index (χ0n) is 12.2. The minimum Gasteiger partial charge on any atom is -0.478 e. The topological polar surface area (TPSA) is 51.2 Å². The zero-order chi connectivity index (χ0) is 15.8. The molecule has 0 spiro atoms. The first-order valence-corrected chi connectivity index (χ1v) is 7.90. The van der Waals surface area contributed by atoms with Crippen molar-refractivity contribution in [1.82, 2.24) is 10.3 Å². The first kappa shape index (κ1) is 16.3. The van der Waals surface area contributed by atoms with Gasteiger partial charge >= 0.3 is 0 Å². The van der Waals surface area contributed by atoms with Gasteiger partial charge in [0.25, 0.3) is 0 Å². The fraction of sp³-hybridized carbons (Fsp3) is 0.250. The first-order valence-electron chi connectivity index (χ1n) is 6.91. The van der Waals surface area contributed by atoms with Crippen molar-refractivity contribution in [2.75, 3.05) is 12.4 Å². The number of hydrogen-bond acceptors (Lipinski definition) is 4. The van der Waals surface area contributed by atoms with Crippen LogP contribution in [0.25, 0.3) is 0 Å². The van der Waals surface area contributed by atoms with Gasteiger partial charge in [0.15, 0.2) is 0 Å². The maximum absolute atomic E-state index is 13.5. The van der Waals surface area contributed by atoms with Gasteiger partial charge in [-0.25, -0.2) is 9.37 Å². The molecular weight excluding hydrogens is 303 g/mol. The number of ether oxygens (including phenoxy) is 1. The predicted octanol–water partition coefficient (Wildman–Crippen LogP) is 3.03. The van der Waals surface area contributed by atoms with Crippen LogP contribution in [0.1, 0.15) is 12.5 Å². The lowest BCUT2D eigenvalue weighted by Crippen LogP contribution is -2.25. The highest BCUT2D eigenvalue weighted by molar-refractivity contribution is 8.00. The molecule has 0 aliphatic heterocycles. The van der Waals surface area contributed by atoms with Gasteiger partial charge in [0, 0.05) is 23.2 Å². The highest BCUT2D eigenvalue weighted by Gasteiger charge is 2.08. The second kappa shape index (κ2) is 8.38. The Labute approximate surface area is 133 Å². The van der Waals surface area contributed by atoms with Crippen LogP contribution in [0, 0.1) is 5.82 Å². The number of halogens is 1. The van der Waals surface area contributed by atoms with E-state index in [0.29, 0.717) is 23.9 Å². The molecule has 2 aromatic rings. The lowest BCUT2D eigenvalue weighted by atomic mass is 10.2. The van der Waals surface area contributed by atoms with E-state index in [2.05, 4.69) is 10.3 Å². The second-order valence-corrected chi connectivity index (χ2v) is 5.41. The summed E-state index contributed by atoms with van der Waals surface area (Å²) in [7, 11) is 0. The quantitative estimate of drug-likeness (QED) is 0.797. The van der Waals surface area contributed by atoms with Crippen LogP contribution in [0.2, 0.25) is 0 Å². The number of benzene rings is 1. The third kappa shape index (κ3) is 4.73. The molecule has 22 heavy (non-hydrogen) atoms. The van der Waals surface area contributed by atoms with Crippen molar-refractivity contribution in [2.24, 2.45) is 0 Å². The van der Waals surface area contributed by atoms with Crippen molar-refractivity contribution in [1.29, 1.82) is 0 Å². The van der Waals surface area contributed by atoms with Crippen LogP contribution in [0.15, 0.2) is 47.5 Å². The maximum Gasteiger partial charge on any atom is 0.230 e. The zero-order valence-corrected chi connectivity index (χ0v) is 13.0. The molecule has 0 radical (unpaired) electrons. The largest absolute Gasteiger partial charge is 0.478 e. The number of pyridine rings is 1. The standard InChI is InChI=1S/C16H17FN2O2S/c1-2-21-16-12(6-5-9-18-16)10-19-15(20)11-22-14-8-4-3-7-13(14)17/h3-9H,2,10-11H2,1H3,(H,19,20). The van der Waals surface area contributed by atoms with Crippen molar-refractivity contribution < 1.29 is 13.9 Å². The smallest absolute Gasteiger partial charge is 0.230 e. The van der Waals surface area contributed by atoms with Gasteiger partial charge in [-0.05, 0) is 25.1 Å². The van der Waals surface area contributed by atoms with E-state index in [-0.39, 0.29) is 17.5 Å². The molecule has 0 saturated heterocycles. The van der Waals surface area contributed by atoms with E-state index >= 15 is 0 Å². The molecule has 1 aromatic heterocycles. The first-order chi connectivity index (χ1) is 10.7. The van der Waals surface area contributed by atoms with Gasteiger partial charge in [-0.15, -0.1) is 11.8 Å². The van der Waals surface area contributed by atoms with E-state index in [0.717, 1.165) is 5.56 Å². The van der Waals surface area contributed by atoms with Gasteiger partial charge in [-0.1, -0.05) is 18.2 Å². The summed E-state index contributed by atoms with van der Waals surface area (Å²) in [6.45, 7) is 2.73. The number of hydrogen-bond donors (Lipinski definition) is 1. The molecule has 0 fully saturated rings. The van der Waals surface area contributed by atoms with Crippen molar-refractivity contribution in [3.63, 3.8) is 0 Å². The van der Waals surface area contributed by atoms with Crippen LogP contribution in [-0.4, -0.2) is 23.3 Å². The van der Waals surface area contributed by atoms with E-state index in [1.54, 1.807) is 30.5 Å². The number of rotatable bonds is 7. The van der Waals surface area contributed by atoms with E-state index in [9.17, 15) is 9.18 Å². The Morgan fingerprint density at radius 2 is 2.14 bits per heavy atom. The molecule has 6 heteroatoms. The predicted molar refractivity (Wildman–Crippen MR) is 84.4 cm³/mol. The molecule has 1 N–H and O–H groups in total. The monoisotopic (exact) mass is 320 g/mol. The highest BCUT2D eigenvalue weighted by Crippen LogP contribution is 2.21. The number of nitrogens with zero attached hydrogens (tertiary/aromatic N) is 1. The van der Waals surface area contributed by atoms with Crippen LogP contribution in [-0.2, 0) is 11.3 Å². The molecule has 116 valence electrons. The molecule has 4 nitrogen and oxygen atoms in total. The van der Waals surface area contributed by atoms with Crippen LogP contribution in [0.5, 0.6) is 5.88 Å². The van der Waals surface area contributed by atoms with Crippen molar-refractivity contribution in [3.8, 4) is 5.88 Å². The van der Waals surface area contributed by atoms with Crippen molar-refractivity contribution in [3.05, 3.63) is 54.0 Å². The molecule has 0 aliphatic rings. The third-order valence-corrected chi connectivity index (χ3v) is 3.85. The Morgan fingerprint density at radius 1 is 1.32 bits per heavy atom. The minimum atomic E-state index is -0.314. The Bertz CT molecular complexity index is 637. The summed E-state index contributed by atoms with van der Waals surface area (Å²) in [5.41, 5.74) is 0.814. The Morgan fingerprint density at radius 3 is 2.91 bits per heavy atom. The van der Waals surface area contributed by atoms with E-state index < -0.39 is 0 Å². The number of nitrogens with one attached hydrogen (secondary N) is 1. The third-order valence-electron chi connectivity index (χ3n) is 2.80. The molecule has 1 heterocycles. The molecule has 1 amide bonds. The summed E-state index contributed by atoms with van der Waals surface area (Å²) >= 11 is 1.17. The summed E-state index contributed by atoms with van der Waals surface area (Å²) in [5, 5.41) is 2.79. The molecular formula is C16H17FN2O2S. The van der Waals surface area contributed by atoms with Gasteiger partial charge in [0.2, 0.25) is 11.8 Å². The summed E-state index contributed by atoms with van der Waals surface area (Å²) in [4.78, 5) is 16.4. The average molecular weight is 320 g/mol. The number of carbonyl (C=O) groups excluding carboxylic acids is 1. The highest BCUT2D eigenvalue weighted by atomic mass is 32.2. The van der Waals surface area contributed by atoms with Gasteiger partial charge < -0.3 is 10.1 Å². The Balaban J connectivity index is 1.84.